The summed E-state index contributed by atoms with van der Waals surface area (Å²) in [6, 6.07) is 3.85. The zero-order chi connectivity index (χ0) is 27.7. The Morgan fingerprint density at radius 1 is 0.946 bits per heavy atom. The molecule has 0 radical (unpaired) electrons. The van der Waals surface area contributed by atoms with Gasteiger partial charge >= 0.3 is 30.4 Å². The van der Waals surface area contributed by atoms with Crippen LogP contribution in [-0.2, 0) is 21.9 Å². The molecule has 1 atom stereocenters. The number of hydrogen-bond acceptors (Lipinski definition) is 4. The molecule has 1 unspecified atom stereocenters. The number of alkyl halides is 6. The molecule has 0 fully saturated rings. The normalized spacial score (nSPS) is 16.3. The SMILES string of the molecule is COC(=O)C1=C(C)N(C)C(=O)NC1c1cccc(NC(=O)Nc2cc(C(F)(F)F)cc(C(F)(F)F)c2)c1. The predicted octanol–water partition coefficient (Wildman–Crippen LogP) is 5.51. The minimum atomic E-state index is -5.08. The lowest BCUT2D eigenvalue weighted by molar-refractivity contribution is -0.143. The number of halogens is 6. The lowest BCUT2D eigenvalue weighted by Crippen LogP contribution is -2.46. The van der Waals surface area contributed by atoms with Gasteiger partial charge in [-0.3, -0.25) is 0 Å². The molecule has 0 aromatic heterocycles. The van der Waals surface area contributed by atoms with Crippen molar-refractivity contribution in [1.82, 2.24) is 10.2 Å². The van der Waals surface area contributed by atoms with Crippen molar-refractivity contribution < 1.29 is 45.5 Å². The van der Waals surface area contributed by atoms with E-state index >= 15 is 0 Å². The Hall–Kier alpha value is -4.23. The third-order valence-electron chi connectivity index (χ3n) is 5.48. The first-order valence-corrected chi connectivity index (χ1v) is 10.4. The van der Waals surface area contributed by atoms with Crippen LogP contribution in [0.2, 0.25) is 0 Å². The van der Waals surface area contributed by atoms with Crippen molar-refractivity contribution in [3.8, 4) is 0 Å². The number of rotatable bonds is 4. The van der Waals surface area contributed by atoms with E-state index in [-0.39, 0.29) is 17.3 Å². The van der Waals surface area contributed by atoms with E-state index in [1.165, 1.54) is 43.1 Å². The third-order valence-corrected chi connectivity index (χ3v) is 5.48. The van der Waals surface area contributed by atoms with E-state index in [0.717, 1.165) is 7.11 Å². The van der Waals surface area contributed by atoms with Gasteiger partial charge in [0.2, 0.25) is 0 Å². The zero-order valence-electron chi connectivity index (χ0n) is 19.5. The molecule has 1 aliphatic rings. The summed E-state index contributed by atoms with van der Waals surface area (Å²) in [5.74, 6) is -0.713. The molecule has 4 amide bonds. The maximum absolute atomic E-state index is 13.1. The van der Waals surface area contributed by atoms with Gasteiger partial charge in [-0.1, -0.05) is 12.1 Å². The maximum atomic E-state index is 13.1. The molecular weight excluding hydrogens is 510 g/mol. The molecule has 37 heavy (non-hydrogen) atoms. The van der Waals surface area contributed by atoms with Crippen molar-refractivity contribution in [1.29, 1.82) is 0 Å². The molecule has 3 rings (SSSR count). The first-order valence-electron chi connectivity index (χ1n) is 10.4. The van der Waals surface area contributed by atoms with Crippen molar-refractivity contribution in [3.63, 3.8) is 0 Å². The Morgan fingerprint density at radius 3 is 2.05 bits per heavy atom. The fourth-order valence-electron chi connectivity index (χ4n) is 3.58. The molecule has 0 spiro atoms. The van der Waals surface area contributed by atoms with Gasteiger partial charge in [-0.05, 0) is 42.8 Å². The van der Waals surface area contributed by atoms with E-state index in [2.05, 4.69) is 10.6 Å². The molecule has 8 nitrogen and oxygen atoms in total. The largest absolute Gasteiger partial charge is 0.466 e. The Balaban J connectivity index is 1.87. The van der Waals surface area contributed by atoms with Crippen molar-refractivity contribution in [3.05, 3.63) is 70.4 Å². The summed E-state index contributed by atoms with van der Waals surface area (Å²) < 4.78 is 83.2. The second kappa shape index (κ2) is 10.0. The van der Waals surface area contributed by atoms with Gasteiger partial charge in [0.25, 0.3) is 0 Å². The van der Waals surface area contributed by atoms with Crippen LogP contribution >= 0.6 is 0 Å². The number of esters is 1. The molecular formula is C23H20F6N4O4. The second-order valence-electron chi connectivity index (χ2n) is 7.93. The first kappa shape index (κ1) is 27.4. The molecule has 14 heteroatoms. The minimum Gasteiger partial charge on any atom is -0.466 e. The molecule has 2 aromatic rings. The van der Waals surface area contributed by atoms with Gasteiger partial charge in [0.15, 0.2) is 0 Å². The molecule has 0 saturated heterocycles. The molecule has 3 N–H and O–H groups in total. The summed E-state index contributed by atoms with van der Waals surface area (Å²) >= 11 is 0. The number of methoxy groups -OCH3 is 1. The van der Waals surface area contributed by atoms with Crippen molar-refractivity contribution in [2.45, 2.75) is 25.3 Å². The smallest absolute Gasteiger partial charge is 0.416 e. The number of urea groups is 2. The van der Waals surface area contributed by atoms with Crippen LogP contribution in [0.25, 0.3) is 0 Å². The standard InChI is InChI=1S/C23H20F6N4O4/c1-11-17(19(34)37-3)18(32-21(36)33(11)2)12-5-4-6-15(7-12)30-20(35)31-16-9-13(22(24,25)26)8-14(10-16)23(27,28)29/h4-10,18H,1-3H3,(H,32,36)(H2,30,31,35). The molecule has 0 bridgehead atoms. The van der Waals surface area contributed by atoms with E-state index in [0.29, 0.717) is 23.4 Å². The first-order chi connectivity index (χ1) is 17.1. The highest BCUT2D eigenvalue weighted by atomic mass is 19.4. The average molecular weight is 530 g/mol. The molecule has 2 aromatic carbocycles. The summed E-state index contributed by atoms with van der Waals surface area (Å²) in [7, 11) is 2.61. The van der Waals surface area contributed by atoms with Crippen LogP contribution in [-0.4, -0.2) is 37.1 Å². The predicted molar refractivity (Wildman–Crippen MR) is 119 cm³/mol. The van der Waals surface area contributed by atoms with Crippen LogP contribution in [0.15, 0.2) is 53.7 Å². The van der Waals surface area contributed by atoms with E-state index < -0.39 is 53.2 Å². The number of benzene rings is 2. The third kappa shape index (κ3) is 6.13. The highest BCUT2D eigenvalue weighted by Crippen LogP contribution is 2.37. The summed E-state index contributed by atoms with van der Waals surface area (Å²) in [6.07, 6.45) is -10.2. The molecule has 1 aliphatic heterocycles. The Morgan fingerprint density at radius 2 is 1.51 bits per heavy atom. The van der Waals surface area contributed by atoms with E-state index in [1.54, 1.807) is 0 Å². The highest BCUT2D eigenvalue weighted by molar-refractivity contribution is 6.00. The lowest BCUT2D eigenvalue weighted by atomic mass is 9.94. The lowest BCUT2D eigenvalue weighted by Gasteiger charge is -2.33. The molecule has 198 valence electrons. The average Bonchev–Trinajstić information content (AvgIpc) is 2.80. The monoisotopic (exact) mass is 530 g/mol. The Kier molecular flexibility index (Phi) is 7.41. The van der Waals surface area contributed by atoms with Crippen LogP contribution in [0.4, 0.5) is 47.3 Å². The van der Waals surface area contributed by atoms with Gasteiger partial charge in [-0.25, -0.2) is 14.4 Å². The zero-order valence-corrected chi connectivity index (χ0v) is 19.5. The number of hydrogen-bond donors (Lipinski definition) is 3. The Bertz CT molecular complexity index is 1240. The molecule has 0 aliphatic carbocycles. The molecule has 1 heterocycles. The van der Waals surface area contributed by atoms with Gasteiger partial charge in [0, 0.05) is 24.1 Å². The van der Waals surface area contributed by atoms with E-state index in [4.69, 9.17) is 4.74 Å². The summed E-state index contributed by atoms with van der Waals surface area (Å²) in [4.78, 5) is 38.3. The van der Waals surface area contributed by atoms with Crippen LogP contribution in [0.1, 0.15) is 29.7 Å². The Labute approximate surface area is 206 Å². The van der Waals surface area contributed by atoms with Crippen LogP contribution < -0.4 is 16.0 Å². The summed E-state index contributed by atoms with van der Waals surface area (Å²) in [5.41, 5.74) is -3.04. The summed E-state index contributed by atoms with van der Waals surface area (Å²) in [6.45, 7) is 1.54. The van der Waals surface area contributed by atoms with Crippen molar-refractivity contribution in [2.75, 3.05) is 24.8 Å². The fourth-order valence-corrected chi connectivity index (χ4v) is 3.58. The van der Waals surface area contributed by atoms with Crippen LogP contribution in [0.3, 0.4) is 0 Å². The van der Waals surface area contributed by atoms with Crippen LogP contribution in [0, 0.1) is 0 Å². The quantitative estimate of drug-likeness (QED) is 0.359. The topological polar surface area (TPSA) is 99.8 Å². The number of nitrogens with zero attached hydrogens (tertiary/aromatic N) is 1. The van der Waals surface area contributed by atoms with Gasteiger partial charge in [-0.2, -0.15) is 26.3 Å². The second-order valence-corrected chi connectivity index (χ2v) is 7.93. The van der Waals surface area contributed by atoms with E-state index in [1.807, 2.05) is 5.32 Å². The van der Waals surface area contributed by atoms with E-state index in [9.17, 15) is 40.7 Å². The van der Waals surface area contributed by atoms with Crippen molar-refractivity contribution >= 4 is 29.4 Å². The number of allylic oxidation sites excluding steroid dienone is 1. The number of nitrogens with one attached hydrogen (secondary N) is 3. The number of ether oxygens (including phenoxy) is 1. The van der Waals surface area contributed by atoms with Crippen LogP contribution in [0.5, 0.6) is 0 Å². The van der Waals surface area contributed by atoms with Gasteiger partial charge in [-0.15, -0.1) is 0 Å². The fraction of sp³-hybridized carbons (Fsp3) is 0.261. The maximum Gasteiger partial charge on any atom is 0.416 e. The minimum absolute atomic E-state index is 0.0587. The summed E-state index contributed by atoms with van der Waals surface area (Å²) in [5, 5.41) is 6.89. The number of anilines is 2. The van der Waals surface area contributed by atoms with Gasteiger partial charge in [0.1, 0.15) is 0 Å². The molecule has 0 saturated carbocycles. The number of carbonyl (C=O) groups excluding carboxylic acids is 3. The highest BCUT2D eigenvalue weighted by Gasteiger charge is 2.37. The van der Waals surface area contributed by atoms with Crippen molar-refractivity contribution in [2.24, 2.45) is 0 Å². The number of carbonyl (C=O) groups is 3. The van der Waals surface area contributed by atoms with Gasteiger partial charge in [0.05, 0.1) is 29.9 Å². The number of amides is 4. The van der Waals surface area contributed by atoms with Gasteiger partial charge < -0.3 is 25.6 Å².